The Morgan fingerprint density at radius 3 is 2.43 bits per heavy atom. The lowest BCUT2D eigenvalue weighted by atomic mass is 10.2. The van der Waals surface area contributed by atoms with Crippen molar-refractivity contribution in [3.05, 3.63) is 53.6 Å². The number of carbonyl (C=O) groups is 1. The summed E-state index contributed by atoms with van der Waals surface area (Å²) in [5.41, 5.74) is 1.40. The molecule has 1 fully saturated rings. The van der Waals surface area contributed by atoms with Gasteiger partial charge in [0.25, 0.3) is 0 Å². The first kappa shape index (κ1) is 20.6. The zero-order valence-electron chi connectivity index (χ0n) is 15.5. The van der Waals surface area contributed by atoms with Gasteiger partial charge in [0.05, 0.1) is 21.6 Å². The van der Waals surface area contributed by atoms with Crippen molar-refractivity contribution in [3.8, 4) is 0 Å². The van der Waals surface area contributed by atoms with Gasteiger partial charge >= 0.3 is 0 Å². The molecule has 9 heteroatoms. The van der Waals surface area contributed by atoms with Gasteiger partial charge in [-0.3, -0.25) is 9.69 Å². The first-order valence-corrected chi connectivity index (χ1v) is 10.9. The number of rotatable bonds is 5. The second-order valence-electron chi connectivity index (χ2n) is 6.71. The lowest BCUT2D eigenvalue weighted by molar-refractivity contribution is -0.120. The van der Waals surface area contributed by atoms with Crippen LogP contribution in [0.2, 0.25) is 5.02 Å². The molecular weight excluding hydrogens is 400 g/mol. The smallest absolute Gasteiger partial charge is 0.241 e. The van der Waals surface area contributed by atoms with Crippen LogP contribution in [0.15, 0.2) is 53.4 Å². The molecule has 1 atom stereocenters. The molecule has 1 amide bonds. The van der Waals surface area contributed by atoms with E-state index >= 15 is 0 Å². The zero-order chi connectivity index (χ0) is 20.3. The van der Waals surface area contributed by atoms with Crippen LogP contribution in [0.5, 0.6) is 0 Å². The van der Waals surface area contributed by atoms with Gasteiger partial charge in [-0.1, -0.05) is 29.8 Å². The van der Waals surface area contributed by atoms with Gasteiger partial charge in [0.15, 0.2) is 0 Å². The number of primary sulfonamides is 1. The van der Waals surface area contributed by atoms with E-state index in [2.05, 4.69) is 15.1 Å². The highest BCUT2D eigenvalue weighted by atomic mass is 35.5. The molecule has 0 saturated carbocycles. The van der Waals surface area contributed by atoms with Crippen molar-refractivity contribution in [3.63, 3.8) is 0 Å². The number of nitrogens with one attached hydrogen (secondary N) is 1. The number of anilines is 2. The quantitative estimate of drug-likeness (QED) is 0.769. The van der Waals surface area contributed by atoms with Crippen molar-refractivity contribution < 1.29 is 13.2 Å². The number of sulfonamides is 1. The molecule has 2 aromatic carbocycles. The molecule has 1 aliphatic heterocycles. The highest BCUT2D eigenvalue weighted by Gasteiger charge is 2.26. The second-order valence-corrected chi connectivity index (χ2v) is 8.68. The Bertz CT molecular complexity index is 959. The number of carbonyl (C=O) groups excluding carboxylic acids is 1. The maximum atomic E-state index is 12.6. The molecule has 3 rings (SSSR count). The third kappa shape index (κ3) is 4.82. The summed E-state index contributed by atoms with van der Waals surface area (Å²) in [6.07, 6.45) is 0. The summed E-state index contributed by atoms with van der Waals surface area (Å²) in [5.74, 6) is -0.197. The standard InChI is InChI=1S/C19H23ClN4O3S/c1-14(19(25)22-15-5-4-6-16(13-15)28(21,26)27)23-9-11-24(12-10-23)18-8-3-2-7-17(18)20/h2-8,13-14H,9-12H2,1H3,(H,22,25)(H2,21,26,27)/t14-/m1/s1. The Hall–Kier alpha value is -2.13. The van der Waals surface area contributed by atoms with Gasteiger partial charge in [0.1, 0.15) is 0 Å². The minimum Gasteiger partial charge on any atom is -0.368 e. The van der Waals surface area contributed by atoms with Crippen LogP contribution in [-0.2, 0) is 14.8 Å². The van der Waals surface area contributed by atoms with Crippen LogP contribution >= 0.6 is 11.6 Å². The van der Waals surface area contributed by atoms with Gasteiger partial charge in [-0.05, 0) is 37.3 Å². The SMILES string of the molecule is C[C@H](C(=O)Nc1cccc(S(N)(=O)=O)c1)N1CCN(c2ccccc2Cl)CC1. The van der Waals surface area contributed by atoms with Crippen molar-refractivity contribution in [2.45, 2.75) is 17.9 Å². The highest BCUT2D eigenvalue weighted by molar-refractivity contribution is 7.89. The normalized spacial score (nSPS) is 16.6. The van der Waals surface area contributed by atoms with Gasteiger partial charge in [0.2, 0.25) is 15.9 Å². The summed E-state index contributed by atoms with van der Waals surface area (Å²) in [5, 5.41) is 8.63. The molecule has 0 spiro atoms. The molecular formula is C19H23ClN4O3S. The van der Waals surface area contributed by atoms with Crippen molar-refractivity contribution in [1.29, 1.82) is 0 Å². The van der Waals surface area contributed by atoms with Crippen LogP contribution in [0.3, 0.4) is 0 Å². The molecule has 0 aliphatic carbocycles. The Kier molecular flexibility index (Phi) is 6.24. The molecule has 0 radical (unpaired) electrons. The van der Waals surface area contributed by atoms with E-state index in [1.165, 1.54) is 12.1 Å². The first-order chi connectivity index (χ1) is 13.3. The van der Waals surface area contributed by atoms with Gasteiger partial charge in [-0.2, -0.15) is 0 Å². The third-order valence-corrected chi connectivity index (χ3v) is 6.10. The van der Waals surface area contributed by atoms with Gasteiger partial charge in [-0.15, -0.1) is 0 Å². The summed E-state index contributed by atoms with van der Waals surface area (Å²) in [4.78, 5) is 16.9. The van der Waals surface area contributed by atoms with Crippen molar-refractivity contribution in [1.82, 2.24) is 4.90 Å². The molecule has 150 valence electrons. The number of amides is 1. The van der Waals surface area contributed by atoms with E-state index in [4.69, 9.17) is 16.7 Å². The summed E-state index contributed by atoms with van der Waals surface area (Å²) in [7, 11) is -3.82. The molecule has 1 heterocycles. The maximum Gasteiger partial charge on any atom is 0.241 e. The molecule has 0 aromatic heterocycles. The van der Waals surface area contributed by atoms with E-state index in [1.807, 2.05) is 31.2 Å². The van der Waals surface area contributed by atoms with Crippen molar-refractivity contribution >= 4 is 38.9 Å². The van der Waals surface area contributed by atoms with Crippen LogP contribution in [0.25, 0.3) is 0 Å². The first-order valence-electron chi connectivity index (χ1n) is 8.93. The van der Waals surface area contributed by atoms with Crippen LogP contribution in [-0.4, -0.2) is 51.4 Å². The fourth-order valence-electron chi connectivity index (χ4n) is 3.22. The predicted octanol–water partition coefficient (Wildman–Crippen LogP) is 2.14. The number of benzene rings is 2. The number of hydrogen-bond donors (Lipinski definition) is 2. The van der Waals surface area contributed by atoms with E-state index in [1.54, 1.807) is 12.1 Å². The molecule has 2 aromatic rings. The predicted molar refractivity (Wildman–Crippen MR) is 111 cm³/mol. The average Bonchev–Trinajstić information content (AvgIpc) is 2.67. The monoisotopic (exact) mass is 422 g/mol. The Morgan fingerprint density at radius 1 is 1.11 bits per heavy atom. The van der Waals surface area contributed by atoms with E-state index in [0.29, 0.717) is 5.69 Å². The summed E-state index contributed by atoms with van der Waals surface area (Å²) in [6.45, 7) is 4.81. The summed E-state index contributed by atoms with van der Waals surface area (Å²) in [6, 6.07) is 13.3. The fraction of sp³-hybridized carbons (Fsp3) is 0.316. The van der Waals surface area contributed by atoms with Crippen LogP contribution in [0.4, 0.5) is 11.4 Å². The largest absolute Gasteiger partial charge is 0.368 e. The number of nitrogens with two attached hydrogens (primary N) is 1. The molecule has 28 heavy (non-hydrogen) atoms. The number of piperazine rings is 1. The van der Waals surface area contributed by atoms with E-state index in [0.717, 1.165) is 36.9 Å². The van der Waals surface area contributed by atoms with Gasteiger partial charge in [-0.25, -0.2) is 13.6 Å². The minimum atomic E-state index is -3.82. The van der Waals surface area contributed by atoms with Crippen LogP contribution in [0.1, 0.15) is 6.92 Å². The Balaban J connectivity index is 1.60. The number of hydrogen-bond acceptors (Lipinski definition) is 5. The minimum absolute atomic E-state index is 0.0358. The van der Waals surface area contributed by atoms with E-state index < -0.39 is 10.0 Å². The molecule has 7 nitrogen and oxygen atoms in total. The van der Waals surface area contributed by atoms with Crippen LogP contribution in [0, 0.1) is 0 Å². The van der Waals surface area contributed by atoms with Crippen molar-refractivity contribution in [2.24, 2.45) is 5.14 Å². The molecule has 0 bridgehead atoms. The molecule has 0 unspecified atom stereocenters. The number of halogens is 1. The lowest BCUT2D eigenvalue weighted by Crippen LogP contribution is -2.52. The van der Waals surface area contributed by atoms with Crippen LogP contribution < -0.4 is 15.4 Å². The van der Waals surface area contributed by atoms with Crippen molar-refractivity contribution in [2.75, 3.05) is 36.4 Å². The fourth-order valence-corrected chi connectivity index (χ4v) is 4.04. The lowest BCUT2D eigenvalue weighted by Gasteiger charge is -2.38. The third-order valence-electron chi connectivity index (χ3n) is 4.86. The molecule has 1 saturated heterocycles. The average molecular weight is 423 g/mol. The maximum absolute atomic E-state index is 12.6. The van der Waals surface area contributed by atoms with Gasteiger partial charge in [0, 0.05) is 31.9 Å². The molecule has 1 aliphatic rings. The topological polar surface area (TPSA) is 95.7 Å². The Labute approximate surface area is 170 Å². The second kappa shape index (κ2) is 8.48. The zero-order valence-corrected chi connectivity index (χ0v) is 17.1. The Morgan fingerprint density at radius 2 is 1.79 bits per heavy atom. The van der Waals surface area contributed by atoms with Gasteiger partial charge < -0.3 is 10.2 Å². The molecule has 3 N–H and O–H groups in total. The van der Waals surface area contributed by atoms with E-state index in [9.17, 15) is 13.2 Å². The highest BCUT2D eigenvalue weighted by Crippen LogP contribution is 2.26. The summed E-state index contributed by atoms with van der Waals surface area (Å²) >= 11 is 6.27. The number of para-hydroxylation sites is 1. The van der Waals surface area contributed by atoms with E-state index in [-0.39, 0.29) is 16.8 Å². The summed E-state index contributed by atoms with van der Waals surface area (Å²) < 4.78 is 22.9. The number of nitrogens with zero attached hydrogens (tertiary/aromatic N) is 2.